The van der Waals surface area contributed by atoms with E-state index in [0.29, 0.717) is 11.1 Å². The van der Waals surface area contributed by atoms with E-state index < -0.39 is 53.9 Å². The third-order valence-electron chi connectivity index (χ3n) is 6.01. The van der Waals surface area contributed by atoms with Gasteiger partial charge in [0.2, 0.25) is 0 Å². The maximum Gasteiger partial charge on any atom is 0.328 e. The van der Waals surface area contributed by atoms with Gasteiger partial charge in [0.25, 0.3) is 0 Å². The molecule has 0 saturated carbocycles. The summed E-state index contributed by atoms with van der Waals surface area (Å²) in [6, 6.07) is 6.64. The van der Waals surface area contributed by atoms with Crippen LogP contribution < -0.4 is 30.4 Å². The number of carbonyl (C=O) groups is 6. The van der Waals surface area contributed by atoms with Gasteiger partial charge in [-0.25, -0.2) is 9.59 Å². The highest BCUT2D eigenvalue weighted by Gasteiger charge is 2.20. The van der Waals surface area contributed by atoms with Crippen molar-refractivity contribution in [3.63, 3.8) is 0 Å². The number of ketones is 2. The number of aliphatic carboxylic acids is 2. The Morgan fingerprint density at radius 2 is 1.04 bits per heavy atom. The molecule has 2 atom stereocenters. The summed E-state index contributed by atoms with van der Waals surface area (Å²) in [5, 5.41) is 17.5. The summed E-state index contributed by atoms with van der Waals surface area (Å²) in [7, 11) is 2.69. The molecule has 0 heterocycles. The van der Waals surface area contributed by atoms with Gasteiger partial charge in [-0.05, 0) is 60.4 Å². The first-order valence-electron chi connectivity index (χ1n) is 13.5. The number of hydrogen-bond donors (Lipinski definition) is 4. The van der Waals surface area contributed by atoms with E-state index >= 15 is 0 Å². The molecule has 0 fully saturated rings. The van der Waals surface area contributed by atoms with Crippen LogP contribution in [0.15, 0.2) is 48.6 Å². The number of carbonyl (C=O) groups excluding carboxylic acids is 4. The van der Waals surface area contributed by atoms with Gasteiger partial charge >= 0.3 is 23.9 Å². The first kappa shape index (κ1) is 35.9. The van der Waals surface area contributed by atoms with E-state index in [1.165, 1.54) is 74.9 Å². The summed E-state index contributed by atoms with van der Waals surface area (Å²) in [6.45, 7) is 0. The summed E-state index contributed by atoms with van der Waals surface area (Å²) in [6.07, 6.45) is 4.12. The average Bonchev–Trinajstić information content (AvgIpc) is 3.00. The number of carboxylic acids is 2. The van der Waals surface area contributed by atoms with Crippen molar-refractivity contribution in [3.05, 3.63) is 59.7 Å². The van der Waals surface area contributed by atoms with Crippen LogP contribution >= 0.6 is 0 Å². The fourth-order valence-electron chi connectivity index (χ4n) is 3.57. The summed E-state index contributed by atoms with van der Waals surface area (Å²) in [4.78, 5) is 70.4. The van der Waals surface area contributed by atoms with E-state index in [1.54, 1.807) is 0 Å². The van der Waals surface area contributed by atoms with E-state index in [9.17, 15) is 28.8 Å². The molecule has 0 aromatic heterocycles. The van der Waals surface area contributed by atoms with Crippen LogP contribution in [0.3, 0.4) is 0 Å². The summed E-state index contributed by atoms with van der Waals surface area (Å²) in [5.74, 6) is -4.36. The highest BCUT2D eigenvalue weighted by Crippen LogP contribution is 2.30. The minimum Gasteiger partial charge on any atom is -0.493 e. The number of allylic oxidation sites excluding steroid dienone is 2. The maximum atomic E-state index is 12.4. The molecule has 0 saturated heterocycles. The topological polar surface area (TPSA) is 232 Å². The molecule has 2 unspecified atom stereocenters. The van der Waals surface area contributed by atoms with Crippen molar-refractivity contribution in [2.45, 2.75) is 44.2 Å². The lowest BCUT2D eigenvalue weighted by atomic mass is 10.1. The van der Waals surface area contributed by atoms with E-state index in [1.807, 2.05) is 0 Å². The molecule has 2 aromatic carbocycles. The third kappa shape index (κ3) is 12.4. The van der Waals surface area contributed by atoms with Gasteiger partial charge in [0.1, 0.15) is 12.1 Å². The molecule has 14 heteroatoms. The Bertz CT molecular complexity index is 1370. The highest BCUT2D eigenvalue weighted by atomic mass is 16.6. The predicted molar refractivity (Wildman–Crippen MR) is 160 cm³/mol. The van der Waals surface area contributed by atoms with Crippen LogP contribution in [-0.2, 0) is 28.8 Å². The van der Waals surface area contributed by atoms with Crippen LogP contribution in [0.25, 0.3) is 12.2 Å². The van der Waals surface area contributed by atoms with Crippen LogP contribution in [-0.4, -0.2) is 72.0 Å². The number of rotatable bonds is 18. The molecule has 0 radical (unpaired) electrons. The van der Waals surface area contributed by atoms with E-state index in [4.69, 9.17) is 40.6 Å². The lowest BCUT2D eigenvalue weighted by Gasteiger charge is -2.13. The zero-order valence-electron chi connectivity index (χ0n) is 24.6. The summed E-state index contributed by atoms with van der Waals surface area (Å²) >= 11 is 0. The second kappa shape index (κ2) is 17.7. The smallest absolute Gasteiger partial charge is 0.328 e. The number of hydrogen-bond acceptors (Lipinski definition) is 12. The molecule has 45 heavy (non-hydrogen) atoms. The lowest BCUT2D eigenvalue weighted by molar-refractivity contribution is -0.140. The summed E-state index contributed by atoms with van der Waals surface area (Å²) < 4.78 is 20.9. The van der Waals surface area contributed by atoms with Gasteiger partial charge in [-0.15, -0.1) is 0 Å². The predicted octanol–water partition coefficient (Wildman–Crippen LogP) is 2.15. The van der Waals surface area contributed by atoms with Crippen molar-refractivity contribution in [2.75, 3.05) is 14.2 Å². The molecule has 0 aliphatic rings. The third-order valence-corrected chi connectivity index (χ3v) is 6.01. The van der Waals surface area contributed by atoms with Crippen LogP contribution in [0.1, 0.15) is 43.2 Å². The molecule has 0 aliphatic carbocycles. The molecule has 2 aromatic rings. The van der Waals surface area contributed by atoms with Crippen molar-refractivity contribution in [1.29, 1.82) is 0 Å². The summed E-state index contributed by atoms with van der Waals surface area (Å²) in [5.41, 5.74) is 12.4. The molecule has 240 valence electrons. The molecule has 2 rings (SSSR count). The Hall–Kier alpha value is -5.34. The minimum atomic E-state index is -1.14. The molecule has 0 spiro atoms. The normalized spacial score (nSPS) is 12.4. The second-order valence-corrected chi connectivity index (χ2v) is 9.52. The monoisotopic (exact) mass is 626 g/mol. The SMILES string of the molecule is COc1cc(/C=C/C(=O)CC(=O)/C=C/c2ccc(OC(=O)C(N)CCC(=O)O)c(OC)c2)ccc1OC(=O)C(N)CCC(=O)O. The molecule has 0 aliphatic heterocycles. The number of benzene rings is 2. The van der Waals surface area contributed by atoms with Crippen molar-refractivity contribution in [2.24, 2.45) is 11.5 Å². The Kier molecular flexibility index (Phi) is 14.1. The Morgan fingerprint density at radius 3 is 1.38 bits per heavy atom. The first-order valence-corrected chi connectivity index (χ1v) is 13.5. The van der Waals surface area contributed by atoms with E-state index in [2.05, 4.69) is 0 Å². The molecule has 6 N–H and O–H groups in total. The largest absolute Gasteiger partial charge is 0.493 e. The Labute approximate surface area is 258 Å². The zero-order valence-corrected chi connectivity index (χ0v) is 24.6. The molecular formula is C31H34N2O12. The average molecular weight is 627 g/mol. The lowest BCUT2D eigenvalue weighted by Crippen LogP contribution is -2.34. The molecule has 14 nitrogen and oxygen atoms in total. The van der Waals surface area contributed by atoms with Crippen LogP contribution in [0.4, 0.5) is 0 Å². The van der Waals surface area contributed by atoms with Crippen molar-refractivity contribution in [1.82, 2.24) is 0 Å². The Balaban J connectivity index is 1.97. The van der Waals surface area contributed by atoms with Gasteiger partial charge in [0.05, 0.1) is 20.6 Å². The molecular weight excluding hydrogens is 592 g/mol. The quantitative estimate of drug-likeness (QED) is 0.0804. The van der Waals surface area contributed by atoms with Crippen molar-refractivity contribution >= 4 is 47.6 Å². The fourth-order valence-corrected chi connectivity index (χ4v) is 3.57. The van der Waals surface area contributed by atoms with Crippen LogP contribution in [0, 0.1) is 0 Å². The second-order valence-electron chi connectivity index (χ2n) is 9.52. The van der Waals surface area contributed by atoms with E-state index in [-0.39, 0.29) is 48.7 Å². The first-order chi connectivity index (χ1) is 21.3. The number of esters is 2. The number of methoxy groups -OCH3 is 2. The van der Waals surface area contributed by atoms with Crippen molar-refractivity contribution < 1.29 is 57.9 Å². The number of nitrogens with two attached hydrogens (primary N) is 2. The molecule has 0 amide bonds. The molecule has 0 bridgehead atoms. The van der Waals surface area contributed by atoms with Gasteiger partial charge in [-0.1, -0.05) is 24.3 Å². The van der Waals surface area contributed by atoms with E-state index in [0.717, 1.165) is 0 Å². The van der Waals surface area contributed by atoms with Crippen LogP contribution in [0.5, 0.6) is 23.0 Å². The number of ether oxygens (including phenoxy) is 4. The highest BCUT2D eigenvalue weighted by molar-refractivity contribution is 6.10. The van der Waals surface area contributed by atoms with Gasteiger partial charge in [0, 0.05) is 12.8 Å². The van der Waals surface area contributed by atoms with Crippen molar-refractivity contribution in [3.8, 4) is 23.0 Å². The fraction of sp³-hybridized carbons (Fsp3) is 0.290. The van der Waals surface area contributed by atoms with Gasteiger partial charge in [0.15, 0.2) is 34.6 Å². The standard InChI is InChI=1S/C31H34N2O12/c1-42-26-15-18(5-11-24(26)44-30(40)22(32)9-13-28(36)37)3-7-20(34)17-21(35)8-4-19-6-12-25(27(16-19)43-2)45-31(41)23(33)10-14-29(38)39/h3-8,11-12,15-16,22-23H,9-10,13-14,17,32-33H2,1-2H3,(H,36,37)(H,38,39)/b7-3+,8-4+. The number of carboxylic acid groups (broad SMARTS) is 2. The van der Waals surface area contributed by atoms with Gasteiger partial charge in [-0.3, -0.25) is 19.2 Å². The van der Waals surface area contributed by atoms with Gasteiger partial charge in [-0.2, -0.15) is 0 Å². The van der Waals surface area contributed by atoms with Crippen LogP contribution in [0.2, 0.25) is 0 Å². The Morgan fingerprint density at radius 1 is 0.667 bits per heavy atom. The maximum absolute atomic E-state index is 12.4. The zero-order chi connectivity index (χ0) is 33.5. The van der Waals surface area contributed by atoms with Gasteiger partial charge < -0.3 is 40.6 Å². The minimum absolute atomic E-state index is 0.0548.